The zero-order valence-electron chi connectivity index (χ0n) is 17.5. The highest BCUT2D eigenvalue weighted by Gasteiger charge is 2.19. The molecule has 0 atom stereocenters. The number of hydrogen-bond donors (Lipinski definition) is 1. The van der Waals surface area contributed by atoms with Crippen LogP contribution in [0.25, 0.3) is 0 Å². The Morgan fingerprint density at radius 2 is 1.67 bits per heavy atom. The summed E-state index contributed by atoms with van der Waals surface area (Å²) in [4.78, 5) is 25.5. The zero-order chi connectivity index (χ0) is 22.1. The van der Waals surface area contributed by atoms with Crippen LogP contribution in [0.2, 0.25) is 0 Å². The summed E-state index contributed by atoms with van der Waals surface area (Å²) in [5, 5.41) is 2.78. The maximum absolute atomic E-state index is 12.2. The van der Waals surface area contributed by atoms with Crippen molar-refractivity contribution in [2.24, 2.45) is 0 Å². The minimum Gasteiger partial charge on any atom is -0.426 e. The summed E-state index contributed by atoms with van der Waals surface area (Å²) in [6.45, 7) is 3.73. The van der Waals surface area contributed by atoms with Crippen molar-refractivity contribution in [3.8, 4) is 5.75 Å². The second kappa shape index (κ2) is 10.8. The van der Waals surface area contributed by atoms with E-state index in [1.165, 1.54) is 17.0 Å². The van der Waals surface area contributed by atoms with E-state index in [9.17, 15) is 18.0 Å². The molecule has 7 nitrogen and oxygen atoms in total. The Morgan fingerprint density at radius 1 is 1.03 bits per heavy atom. The third kappa shape index (κ3) is 7.87. The first-order valence-corrected chi connectivity index (χ1v) is 11.6. The van der Waals surface area contributed by atoms with Crippen LogP contribution in [0.3, 0.4) is 0 Å². The molecule has 1 N–H and O–H groups in total. The Kier molecular flexibility index (Phi) is 8.41. The van der Waals surface area contributed by atoms with Gasteiger partial charge < -0.3 is 10.1 Å². The number of rotatable bonds is 9. The number of hydrogen-bond acceptors (Lipinski definition) is 5. The van der Waals surface area contributed by atoms with Crippen LogP contribution in [0.1, 0.15) is 25.8 Å². The van der Waals surface area contributed by atoms with Crippen LogP contribution in [-0.4, -0.2) is 45.0 Å². The molecule has 2 amide bonds. The van der Waals surface area contributed by atoms with Gasteiger partial charge in [-0.15, -0.1) is 0 Å². The minimum atomic E-state index is -3.55. The SMILES string of the molecule is CC(C)NC(=O)N(C)c1ccc(OC(=O)CS(=O)(=O)CCCc2ccccc2)cc1. The molecule has 162 valence electrons. The Labute approximate surface area is 178 Å². The van der Waals surface area contributed by atoms with Crippen molar-refractivity contribution in [2.75, 3.05) is 23.5 Å². The first kappa shape index (κ1) is 23.4. The van der Waals surface area contributed by atoms with E-state index in [-0.39, 0.29) is 23.6 Å². The van der Waals surface area contributed by atoms with Crippen LogP contribution >= 0.6 is 0 Å². The van der Waals surface area contributed by atoms with Crippen LogP contribution in [0, 0.1) is 0 Å². The molecule has 2 aromatic carbocycles. The molecular formula is C22H28N2O5S. The molecule has 0 bridgehead atoms. The fraction of sp³-hybridized carbons (Fsp3) is 0.364. The van der Waals surface area contributed by atoms with Crippen LogP contribution in [-0.2, 0) is 21.1 Å². The van der Waals surface area contributed by atoms with E-state index >= 15 is 0 Å². The molecule has 0 aromatic heterocycles. The number of amides is 2. The fourth-order valence-corrected chi connectivity index (χ4v) is 3.90. The Hall–Kier alpha value is -2.87. The van der Waals surface area contributed by atoms with Gasteiger partial charge in [0.25, 0.3) is 0 Å². The van der Waals surface area contributed by atoms with Crippen LogP contribution in [0.5, 0.6) is 5.75 Å². The summed E-state index contributed by atoms with van der Waals surface area (Å²) in [5.41, 5.74) is 1.67. The number of carbonyl (C=O) groups excluding carboxylic acids is 2. The van der Waals surface area contributed by atoms with E-state index in [4.69, 9.17) is 4.74 Å². The topological polar surface area (TPSA) is 92.8 Å². The normalized spacial score (nSPS) is 11.2. The third-order valence-electron chi connectivity index (χ3n) is 4.27. The Bertz CT molecular complexity index is 941. The van der Waals surface area contributed by atoms with Crippen molar-refractivity contribution in [1.82, 2.24) is 5.32 Å². The van der Waals surface area contributed by atoms with Crippen LogP contribution in [0.4, 0.5) is 10.5 Å². The number of nitrogens with one attached hydrogen (secondary N) is 1. The summed E-state index contributed by atoms with van der Waals surface area (Å²) in [6.07, 6.45) is 1.08. The molecular weight excluding hydrogens is 404 g/mol. The summed E-state index contributed by atoms with van der Waals surface area (Å²) in [7, 11) is -1.93. The number of nitrogens with zero attached hydrogens (tertiary/aromatic N) is 1. The van der Waals surface area contributed by atoms with Gasteiger partial charge >= 0.3 is 12.0 Å². The maximum atomic E-state index is 12.2. The van der Waals surface area contributed by atoms with Gasteiger partial charge in [0.05, 0.1) is 5.75 Å². The molecule has 0 heterocycles. The summed E-state index contributed by atoms with van der Waals surface area (Å²) >= 11 is 0. The van der Waals surface area contributed by atoms with Gasteiger partial charge in [-0.25, -0.2) is 13.2 Å². The third-order valence-corrected chi connectivity index (χ3v) is 5.86. The lowest BCUT2D eigenvalue weighted by molar-refractivity contribution is -0.131. The van der Waals surface area contributed by atoms with Gasteiger partial charge in [-0.3, -0.25) is 9.69 Å². The second-order valence-corrected chi connectivity index (χ2v) is 9.50. The molecule has 0 aliphatic heterocycles. The predicted octanol–water partition coefficient (Wildman–Crippen LogP) is 3.19. The fourth-order valence-electron chi connectivity index (χ4n) is 2.75. The van der Waals surface area contributed by atoms with Crippen molar-refractivity contribution in [2.45, 2.75) is 32.7 Å². The van der Waals surface area contributed by atoms with Crippen molar-refractivity contribution in [1.29, 1.82) is 0 Å². The maximum Gasteiger partial charge on any atom is 0.326 e. The van der Waals surface area contributed by atoms with Gasteiger partial charge in [0, 0.05) is 18.8 Å². The highest BCUT2D eigenvalue weighted by Crippen LogP contribution is 2.19. The lowest BCUT2D eigenvalue weighted by atomic mass is 10.1. The van der Waals surface area contributed by atoms with Gasteiger partial charge in [-0.2, -0.15) is 0 Å². The largest absolute Gasteiger partial charge is 0.426 e. The van der Waals surface area contributed by atoms with E-state index in [0.29, 0.717) is 18.5 Å². The zero-order valence-corrected chi connectivity index (χ0v) is 18.3. The number of urea groups is 1. The van der Waals surface area contributed by atoms with Gasteiger partial charge in [0.1, 0.15) is 11.5 Å². The van der Waals surface area contributed by atoms with Crippen LogP contribution in [0.15, 0.2) is 54.6 Å². The van der Waals surface area contributed by atoms with E-state index in [0.717, 1.165) is 5.56 Å². The quantitative estimate of drug-likeness (QED) is 0.485. The highest BCUT2D eigenvalue weighted by molar-refractivity contribution is 7.92. The average molecular weight is 433 g/mol. The standard InChI is InChI=1S/C22H28N2O5S/c1-17(2)23-22(26)24(3)19-11-13-20(14-12-19)29-21(25)16-30(27,28)15-7-10-18-8-5-4-6-9-18/h4-6,8-9,11-14,17H,7,10,15-16H2,1-3H3,(H,23,26). The molecule has 0 aliphatic carbocycles. The number of ether oxygens (including phenoxy) is 1. The number of anilines is 1. The monoisotopic (exact) mass is 432 g/mol. The van der Waals surface area contributed by atoms with E-state index in [2.05, 4.69) is 5.32 Å². The molecule has 0 saturated heterocycles. The molecule has 0 saturated carbocycles. The number of sulfone groups is 1. The molecule has 8 heteroatoms. The smallest absolute Gasteiger partial charge is 0.326 e. The number of esters is 1. The van der Waals surface area contributed by atoms with Crippen molar-refractivity contribution in [3.63, 3.8) is 0 Å². The summed E-state index contributed by atoms with van der Waals surface area (Å²) < 4.78 is 29.5. The number of carbonyl (C=O) groups is 2. The summed E-state index contributed by atoms with van der Waals surface area (Å²) in [6, 6.07) is 15.6. The minimum absolute atomic E-state index is 0.00909. The van der Waals surface area contributed by atoms with E-state index in [1.54, 1.807) is 19.2 Å². The molecule has 0 radical (unpaired) electrons. The first-order chi connectivity index (χ1) is 14.2. The van der Waals surface area contributed by atoms with Gasteiger partial charge in [0.2, 0.25) is 0 Å². The highest BCUT2D eigenvalue weighted by atomic mass is 32.2. The molecule has 2 rings (SSSR count). The van der Waals surface area contributed by atoms with Crippen molar-refractivity contribution >= 4 is 27.5 Å². The second-order valence-electron chi connectivity index (χ2n) is 7.31. The van der Waals surface area contributed by atoms with Gasteiger partial charge in [-0.1, -0.05) is 30.3 Å². The number of benzene rings is 2. The lowest BCUT2D eigenvalue weighted by Crippen LogP contribution is -2.40. The molecule has 30 heavy (non-hydrogen) atoms. The first-order valence-electron chi connectivity index (χ1n) is 9.75. The molecule has 0 aliphatic rings. The summed E-state index contributed by atoms with van der Waals surface area (Å²) in [5.74, 6) is -1.35. The van der Waals surface area contributed by atoms with Crippen LogP contribution < -0.4 is 15.0 Å². The molecule has 2 aromatic rings. The lowest BCUT2D eigenvalue weighted by Gasteiger charge is -2.20. The molecule has 0 spiro atoms. The predicted molar refractivity (Wildman–Crippen MR) is 118 cm³/mol. The van der Waals surface area contributed by atoms with Gasteiger partial charge in [-0.05, 0) is 56.5 Å². The van der Waals surface area contributed by atoms with Crippen molar-refractivity contribution < 1.29 is 22.7 Å². The van der Waals surface area contributed by atoms with Gasteiger partial charge in [0.15, 0.2) is 9.84 Å². The Balaban J connectivity index is 1.84. The Morgan fingerprint density at radius 3 is 2.27 bits per heavy atom. The van der Waals surface area contributed by atoms with E-state index in [1.807, 2.05) is 44.2 Å². The van der Waals surface area contributed by atoms with Crippen molar-refractivity contribution in [3.05, 3.63) is 60.2 Å². The molecule has 0 unspecified atom stereocenters. The van der Waals surface area contributed by atoms with E-state index < -0.39 is 21.6 Å². The number of aryl methyl sites for hydroxylation is 1. The molecule has 0 fully saturated rings. The average Bonchev–Trinajstić information content (AvgIpc) is 2.67.